The number of pyridine rings is 1. The molecule has 19 heavy (non-hydrogen) atoms. The number of carbonyl (C=O) groups is 2. The number of hydrogen-bond acceptors (Lipinski definition) is 4. The summed E-state index contributed by atoms with van der Waals surface area (Å²) in [6.45, 7) is -0.270. The van der Waals surface area contributed by atoms with Gasteiger partial charge in [-0.1, -0.05) is 12.1 Å². The third-order valence-electron chi connectivity index (χ3n) is 2.40. The van der Waals surface area contributed by atoms with Crippen LogP contribution in [0.3, 0.4) is 0 Å². The van der Waals surface area contributed by atoms with Crippen molar-refractivity contribution >= 4 is 34.3 Å². The van der Waals surface area contributed by atoms with Gasteiger partial charge in [-0.15, -0.1) is 0 Å². The Balaban J connectivity index is 1.94. The van der Waals surface area contributed by atoms with Gasteiger partial charge in [0.2, 0.25) is 0 Å². The summed E-state index contributed by atoms with van der Waals surface area (Å²) in [7, 11) is 0. The third-order valence-corrected chi connectivity index (χ3v) is 3.12. The maximum Gasteiger partial charge on any atom is 0.340 e. The van der Waals surface area contributed by atoms with Crippen LogP contribution in [0.25, 0.3) is 0 Å². The number of Topliss-reactive ketones (excluding diaryl/α,β-unsaturated/α-hetero) is 1. The number of carbonyl (C=O) groups excluding carboxylic acids is 2. The molecule has 2 aromatic rings. The van der Waals surface area contributed by atoms with E-state index in [9.17, 15) is 9.59 Å². The molecule has 0 spiro atoms. The van der Waals surface area contributed by atoms with Crippen LogP contribution in [0, 0.1) is 3.57 Å². The van der Waals surface area contributed by atoms with Gasteiger partial charge in [0.15, 0.2) is 12.4 Å². The van der Waals surface area contributed by atoms with Gasteiger partial charge in [-0.3, -0.25) is 9.78 Å². The predicted molar refractivity (Wildman–Crippen MR) is 78.0 cm³/mol. The average molecular weight is 367 g/mol. The number of rotatable bonds is 4. The standard InChI is InChI=1S/C14H10INO3/c15-12-5-3-10(4-6-12)13(17)9-19-14(18)11-2-1-7-16-8-11/h1-8H,9H2. The molecule has 0 aliphatic heterocycles. The summed E-state index contributed by atoms with van der Waals surface area (Å²) in [5.41, 5.74) is 0.859. The summed E-state index contributed by atoms with van der Waals surface area (Å²) in [5.74, 6) is -0.777. The van der Waals surface area contributed by atoms with Gasteiger partial charge in [0.25, 0.3) is 0 Å². The Morgan fingerprint density at radius 2 is 1.84 bits per heavy atom. The lowest BCUT2D eigenvalue weighted by Gasteiger charge is -2.04. The van der Waals surface area contributed by atoms with Crippen LogP contribution in [0.2, 0.25) is 0 Å². The van der Waals surface area contributed by atoms with Gasteiger partial charge in [0.05, 0.1) is 5.56 Å². The predicted octanol–water partition coefficient (Wildman–Crippen LogP) is 2.73. The molecule has 0 aliphatic carbocycles. The SMILES string of the molecule is O=C(COC(=O)c1cccnc1)c1ccc(I)cc1. The summed E-state index contributed by atoms with van der Waals surface area (Å²) < 4.78 is 5.99. The number of aromatic nitrogens is 1. The van der Waals surface area contributed by atoms with Crippen molar-refractivity contribution in [3.63, 3.8) is 0 Å². The van der Waals surface area contributed by atoms with Crippen LogP contribution in [0.5, 0.6) is 0 Å². The third kappa shape index (κ3) is 3.85. The van der Waals surface area contributed by atoms with Crippen molar-refractivity contribution in [2.45, 2.75) is 0 Å². The Hall–Kier alpha value is -1.76. The highest BCUT2D eigenvalue weighted by molar-refractivity contribution is 14.1. The zero-order chi connectivity index (χ0) is 13.7. The number of halogens is 1. The fourth-order valence-electron chi connectivity index (χ4n) is 1.42. The normalized spacial score (nSPS) is 9.95. The molecule has 0 fully saturated rings. The minimum atomic E-state index is -0.549. The van der Waals surface area contributed by atoms with Crippen LogP contribution in [-0.2, 0) is 4.74 Å². The summed E-state index contributed by atoms with van der Waals surface area (Å²) in [6.07, 6.45) is 2.96. The Bertz CT molecular complexity index is 581. The van der Waals surface area contributed by atoms with Crippen LogP contribution in [-0.4, -0.2) is 23.3 Å². The van der Waals surface area contributed by atoms with Gasteiger partial charge in [-0.05, 0) is 46.9 Å². The number of ketones is 1. The first-order chi connectivity index (χ1) is 9.16. The molecule has 0 saturated carbocycles. The minimum absolute atomic E-state index is 0.228. The molecule has 1 aromatic heterocycles. The van der Waals surface area contributed by atoms with E-state index in [0.29, 0.717) is 11.1 Å². The minimum Gasteiger partial charge on any atom is -0.454 e. The molecular formula is C14H10INO3. The average Bonchev–Trinajstić information content (AvgIpc) is 2.46. The zero-order valence-corrected chi connectivity index (χ0v) is 12.0. The number of nitrogens with zero attached hydrogens (tertiary/aromatic N) is 1. The van der Waals surface area contributed by atoms with Crippen molar-refractivity contribution in [3.05, 3.63) is 63.5 Å². The molecule has 1 aromatic carbocycles. The van der Waals surface area contributed by atoms with Crippen molar-refractivity contribution in [1.82, 2.24) is 4.98 Å². The van der Waals surface area contributed by atoms with E-state index in [1.54, 1.807) is 30.5 Å². The molecule has 0 aliphatic rings. The highest BCUT2D eigenvalue weighted by Crippen LogP contribution is 2.08. The Kier molecular flexibility index (Phi) is 4.62. The fourth-order valence-corrected chi connectivity index (χ4v) is 1.78. The second-order valence-electron chi connectivity index (χ2n) is 3.75. The molecule has 96 valence electrons. The first-order valence-electron chi connectivity index (χ1n) is 5.53. The monoisotopic (exact) mass is 367 g/mol. The van der Waals surface area contributed by atoms with Gasteiger partial charge in [-0.25, -0.2) is 4.79 Å². The van der Waals surface area contributed by atoms with E-state index < -0.39 is 5.97 Å². The maximum absolute atomic E-state index is 11.8. The Morgan fingerprint density at radius 1 is 1.11 bits per heavy atom. The van der Waals surface area contributed by atoms with Crippen LogP contribution < -0.4 is 0 Å². The van der Waals surface area contributed by atoms with E-state index in [-0.39, 0.29) is 12.4 Å². The van der Waals surface area contributed by atoms with Crippen LogP contribution in [0.15, 0.2) is 48.8 Å². The highest BCUT2D eigenvalue weighted by atomic mass is 127. The van der Waals surface area contributed by atoms with Crippen molar-refractivity contribution in [1.29, 1.82) is 0 Å². The van der Waals surface area contributed by atoms with E-state index in [4.69, 9.17) is 4.74 Å². The fraction of sp³-hybridized carbons (Fsp3) is 0.0714. The lowest BCUT2D eigenvalue weighted by molar-refractivity contribution is 0.0474. The van der Waals surface area contributed by atoms with E-state index in [1.807, 2.05) is 12.1 Å². The molecule has 0 bridgehead atoms. The smallest absolute Gasteiger partial charge is 0.340 e. The molecule has 1 heterocycles. The van der Waals surface area contributed by atoms with E-state index in [0.717, 1.165) is 3.57 Å². The lowest BCUT2D eigenvalue weighted by Crippen LogP contribution is -2.14. The second-order valence-corrected chi connectivity index (χ2v) is 4.99. The Labute approximate surface area is 124 Å². The molecule has 5 heteroatoms. The molecular weight excluding hydrogens is 357 g/mol. The quantitative estimate of drug-likeness (QED) is 0.474. The topological polar surface area (TPSA) is 56.3 Å². The highest BCUT2D eigenvalue weighted by Gasteiger charge is 2.11. The van der Waals surface area contributed by atoms with Crippen LogP contribution in [0.1, 0.15) is 20.7 Å². The molecule has 4 nitrogen and oxygen atoms in total. The van der Waals surface area contributed by atoms with Crippen molar-refractivity contribution in [3.8, 4) is 0 Å². The Morgan fingerprint density at radius 3 is 2.47 bits per heavy atom. The lowest BCUT2D eigenvalue weighted by atomic mass is 10.1. The van der Waals surface area contributed by atoms with Gasteiger partial charge in [-0.2, -0.15) is 0 Å². The first kappa shape index (κ1) is 13.7. The van der Waals surface area contributed by atoms with Gasteiger partial charge in [0.1, 0.15) is 0 Å². The molecule has 0 atom stereocenters. The van der Waals surface area contributed by atoms with E-state index in [2.05, 4.69) is 27.6 Å². The van der Waals surface area contributed by atoms with Gasteiger partial charge in [0, 0.05) is 21.5 Å². The van der Waals surface area contributed by atoms with Gasteiger partial charge < -0.3 is 4.74 Å². The zero-order valence-electron chi connectivity index (χ0n) is 9.88. The summed E-state index contributed by atoms with van der Waals surface area (Å²) in [4.78, 5) is 27.2. The second kappa shape index (κ2) is 6.42. The van der Waals surface area contributed by atoms with E-state index in [1.165, 1.54) is 6.20 Å². The first-order valence-corrected chi connectivity index (χ1v) is 6.60. The molecule has 0 unspecified atom stereocenters. The summed E-state index contributed by atoms with van der Waals surface area (Å²) in [6, 6.07) is 10.3. The number of hydrogen-bond donors (Lipinski definition) is 0. The van der Waals surface area contributed by atoms with E-state index >= 15 is 0 Å². The molecule has 0 N–H and O–H groups in total. The molecule has 2 rings (SSSR count). The summed E-state index contributed by atoms with van der Waals surface area (Å²) >= 11 is 2.16. The largest absolute Gasteiger partial charge is 0.454 e. The summed E-state index contributed by atoms with van der Waals surface area (Å²) in [5, 5.41) is 0. The number of benzene rings is 1. The van der Waals surface area contributed by atoms with Crippen LogP contribution in [0.4, 0.5) is 0 Å². The number of esters is 1. The van der Waals surface area contributed by atoms with Crippen molar-refractivity contribution < 1.29 is 14.3 Å². The maximum atomic E-state index is 11.8. The van der Waals surface area contributed by atoms with Crippen LogP contribution >= 0.6 is 22.6 Å². The molecule has 0 saturated heterocycles. The number of ether oxygens (including phenoxy) is 1. The van der Waals surface area contributed by atoms with Gasteiger partial charge >= 0.3 is 5.97 Å². The van der Waals surface area contributed by atoms with Crippen molar-refractivity contribution in [2.75, 3.05) is 6.61 Å². The molecule has 0 radical (unpaired) electrons. The van der Waals surface area contributed by atoms with Crippen molar-refractivity contribution in [2.24, 2.45) is 0 Å². The molecule has 0 amide bonds.